The molecule has 0 unspecified atom stereocenters. The van der Waals surface area contributed by atoms with E-state index in [1.165, 1.54) is 38.2 Å². The molecule has 96 valence electrons. The van der Waals surface area contributed by atoms with E-state index in [1.54, 1.807) is 12.1 Å². The fourth-order valence-corrected chi connectivity index (χ4v) is 2.56. The maximum Gasteiger partial charge on any atom is 0.129 e. The summed E-state index contributed by atoms with van der Waals surface area (Å²) in [4.78, 5) is 0. The summed E-state index contributed by atoms with van der Waals surface area (Å²) >= 11 is 0. The minimum atomic E-state index is -0.287. The summed E-state index contributed by atoms with van der Waals surface area (Å²) in [6.45, 7) is 1.52. The van der Waals surface area contributed by atoms with Crippen molar-refractivity contribution < 1.29 is 4.39 Å². The Balaban J connectivity index is 1.81. The fourth-order valence-electron chi connectivity index (χ4n) is 2.56. The highest BCUT2D eigenvalue weighted by atomic mass is 19.1. The number of nitriles is 1. The molecule has 0 radical (unpaired) electrons. The van der Waals surface area contributed by atoms with Gasteiger partial charge in [0, 0.05) is 12.1 Å². The van der Waals surface area contributed by atoms with Gasteiger partial charge in [-0.15, -0.1) is 0 Å². The smallest absolute Gasteiger partial charge is 0.129 e. The van der Waals surface area contributed by atoms with Crippen molar-refractivity contribution >= 4 is 0 Å². The van der Waals surface area contributed by atoms with Crippen LogP contribution in [0.5, 0.6) is 0 Å². The molecule has 0 atom stereocenters. The lowest BCUT2D eigenvalue weighted by molar-refractivity contribution is 0.341. The van der Waals surface area contributed by atoms with Crippen LogP contribution >= 0.6 is 0 Å². The molecule has 0 heterocycles. The average molecular weight is 246 g/mol. The van der Waals surface area contributed by atoms with Crippen LogP contribution in [0.2, 0.25) is 0 Å². The summed E-state index contributed by atoms with van der Waals surface area (Å²) < 4.78 is 13.6. The molecule has 3 heteroatoms. The highest BCUT2D eigenvalue weighted by Gasteiger charge is 2.13. The molecule has 0 aliphatic heterocycles. The van der Waals surface area contributed by atoms with Gasteiger partial charge in [-0.3, -0.25) is 0 Å². The van der Waals surface area contributed by atoms with E-state index in [1.807, 2.05) is 6.07 Å². The molecule has 18 heavy (non-hydrogen) atoms. The predicted octanol–water partition coefficient (Wildman–Crippen LogP) is 3.37. The van der Waals surface area contributed by atoms with E-state index in [0.29, 0.717) is 17.7 Å². The number of halogens is 1. The van der Waals surface area contributed by atoms with Crippen LogP contribution < -0.4 is 5.32 Å². The zero-order valence-corrected chi connectivity index (χ0v) is 10.6. The molecule has 1 aromatic carbocycles. The van der Waals surface area contributed by atoms with Crippen LogP contribution in [0.15, 0.2) is 18.2 Å². The third-order valence-corrected chi connectivity index (χ3v) is 3.66. The van der Waals surface area contributed by atoms with Gasteiger partial charge in [0.25, 0.3) is 0 Å². The average Bonchev–Trinajstić information content (AvgIpc) is 2.42. The molecule has 1 aliphatic rings. The summed E-state index contributed by atoms with van der Waals surface area (Å²) in [5, 5.41) is 12.0. The first-order valence-corrected chi connectivity index (χ1v) is 6.69. The van der Waals surface area contributed by atoms with Crippen LogP contribution in [0.4, 0.5) is 4.39 Å². The third kappa shape index (κ3) is 3.54. The number of nitrogens with one attached hydrogen (secondary N) is 1. The Hall–Kier alpha value is -1.40. The Morgan fingerprint density at radius 3 is 2.72 bits per heavy atom. The molecular formula is C15H19FN2. The Morgan fingerprint density at radius 2 is 2.06 bits per heavy atom. The van der Waals surface area contributed by atoms with Crippen LogP contribution in [0, 0.1) is 23.1 Å². The van der Waals surface area contributed by atoms with E-state index < -0.39 is 0 Å². The van der Waals surface area contributed by atoms with Gasteiger partial charge < -0.3 is 5.32 Å². The zero-order valence-electron chi connectivity index (χ0n) is 10.6. The molecule has 0 bridgehead atoms. The first-order chi connectivity index (χ1) is 8.79. The lowest BCUT2D eigenvalue weighted by Crippen LogP contribution is -2.24. The number of nitrogens with zero attached hydrogens (tertiary/aromatic N) is 1. The Labute approximate surface area is 108 Å². The Bertz CT molecular complexity index is 431. The molecular weight excluding hydrogens is 227 g/mol. The van der Waals surface area contributed by atoms with Gasteiger partial charge in [0.15, 0.2) is 0 Å². The molecule has 1 aliphatic carbocycles. The third-order valence-electron chi connectivity index (χ3n) is 3.66. The van der Waals surface area contributed by atoms with E-state index in [9.17, 15) is 4.39 Å². The lowest BCUT2D eigenvalue weighted by atomic mass is 9.89. The summed E-state index contributed by atoms with van der Waals surface area (Å²) in [7, 11) is 0. The number of hydrogen-bond acceptors (Lipinski definition) is 2. The van der Waals surface area contributed by atoms with Gasteiger partial charge in [-0.25, -0.2) is 4.39 Å². The van der Waals surface area contributed by atoms with Crippen LogP contribution in [-0.4, -0.2) is 6.54 Å². The van der Waals surface area contributed by atoms with Gasteiger partial charge in [-0.2, -0.15) is 5.26 Å². The van der Waals surface area contributed by atoms with Crippen LogP contribution in [-0.2, 0) is 6.54 Å². The van der Waals surface area contributed by atoms with E-state index in [4.69, 9.17) is 5.26 Å². The fraction of sp³-hybridized carbons (Fsp3) is 0.533. The second-order valence-electron chi connectivity index (χ2n) is 5.05. The standard InChI is InChI=1S/C15H19FN2/c16-15-8-13(9-17)6-7-14(15)11-18-10-12-4-2-1-3-5-12/h6-8,12,18H,1-5,10-11H2. The first kappa shape index (κ1) is 13.0. The second-order valence-corrected chi connectivity index (χ2v) is 5.05. The molecule has 1 saturated carbocycles. The molecule has 2 nitrogen and oxygen atoms in total. The van der Waals surface area contributed by atoms with Gasteiger partial charge in [-0.1, -0.05) is 25.3 Å². The van der Waals surface area contributed by atoms with Gasteiger partial charge in [-0.05, 0) is 37.4 Å². The van der Waals surface area contributed by atoms with Crippen molar-refractivity contribution in [2.24, 2.45) is 5.92 Å². The van der Waals surface area contributed by atoms with Gasteiger partial charge in [0.1, 0.15) is 5.82 Å². The first-order valence-electron chi connectivity index (χ1n) is 6.69. The molecule has 1 aromatic rings. The maximum atomic E-state index is 13.6. The van der Waals surface area contributed by atoms with Crippen molar-refractivity contribution in [1.29, 1.82) is 5.26 Å². The van der Waals surface area contributed by atoms with E-state index in [-0.39, 0.29) is 5.82 Å². The van der Waals surface area contributed by atoms with Crippen molar-refractivity contribution in [2.45, 2.75) is 38.6 Å². The van der Waals surface area contributed by atoms with Crippen LogP contribution in [0.25, 0.3) is 0 Å². The van der Waals surface area contributed by atoms with Gasteiger partial charge in [0.2, 0.25) is 0 Å². The summed E-state index contributed by atoms with van der Waals surface area (Å²) in [6.07, 6.45) is 6.61. The largest absolute Gasteiger partial charge is 0.312 e. The monoisotopic (exact) mass is 246 g/mol. The van der Waals surface area contributed by atoms with Crippen molar-refractivity contribution in [3.8, 4) is 6.07 Å². The summed E-state index contributed by atoms with van der Waals surface area (Å²) in [6, 6.07) is 6.61. The molecule has 0 spiro atoms. The van der Waals surface area contributed by atoms with E-state index >= 15 is 0 Å². The van der Waals surface area contributed by atoms with Crippen LogP contribution in [0.3, 0.4) is 0 Å². The molecule has 1 N–H and O–H groups in total. The van der Waals surface area contributed by atoms with Crippen molar-refractivity contribution in [2.75, 3.05) is 6.54 Å². The Morgan fingerprint density at radius 1 is 1.28 bits per heavy atom. The van der Waals surface area contributed by atoms with Crippen molar-refractivity contribution in [3.63, 3.8) is 0 Å². The highest BCUT2D eigenvalue weighted by Crippen LogP contribution is 2.22. The number of benzene rings is 1. The quantitative estimate of drug-likeness (QED) is 0.884. The zero-order chi connectivity index (χ0) is 12.8. The minimum absolute atomic E-state index is 0.287. The Kier molecular flexibility index (Phi) is 4.72. The number of hydrogen-bond donors (Lipinski definition) is 1. The van der Waals surface area contributed by atoms with Crippen molar-refractivity contribution in [3.05, 3.63) is 35.1 Å². The van der Waals surface area contributed by atoms with Gasteiger partial charge >= 0.3 is 0 Å². The summed E-state index contributed by atoms with van der Waals surface area (Å²) in [5.74, 6) is 0.463. The SMILES string of the molecule is N#Cc1ccc(CNCC2CCCCC2)c(F)c1. The molecule has 1 fully saturated rings. The maximum absolute atomic E-state index is 13.6. The topological polar surface area (TPSA) is 35.8 Å². The second kappa shape index (κ2) is 6.51. The minimum Gasteiger partial charge on any atom is -0.312 e. The molecule has 0 saturated heterocycles. The molecule has 0 amide bonds. The normalized spacial score (nSPS) is 16.4. The van der Waals surface area contributed by atoms with E-state index in [0.717, 1.165) is 12.5 Å². The predicted molar refractivity (Wildman–Crippen MR) is 69.4 cm³/mol. The molecule has 2 rings (SSSR count). The molecule has 0 aromatic heterocycles. The van der Waals surface area contributed by atoms with Crippen molar-refractivity contribution in [1.82, 2.24) is 5.32 Å². The summed E-state index contributed by atoms with van der Waals surface area (Å²) in [5.41, 5.74) is 1.02. The number of rotatable bonds is 4. The highest BCUT2D eigenvalue weighted by molar-refractivity contribution is 5.32. The lowest BCUT2D eigenvalue weighted by Gasteiger charge is -2.21. The van der Waals surface area contributed by atoms with E-state index in [2.05, 4.69) is 5.32 Å². The van der Waals surface area contributed by atoms with Crippen LogP contribution in [0.1, 0.15) is 43.2 Å². The van der Waals surface area contributed by atoms with Gasteiger partial charge in [0.05, 0.1) is 11.6 Å².